The minimum absolute atomic E-state index is 0.401. The molecule has 17 heavy (non-hydrogen) atoms. The summed E-state index contributed by atoms with van der Waals surface area (Å²) in [4.78, 5) is 11.6. The molecule has 4 heteroatoms. The lowest BCUT2D eigenvalue weighted by atomic mass is 10.1. The van der Waals surface area contributed by atoms with Crippen LogP contribution in [0.25, 0.3) is 15.7 Å². The molecular formula is C13H12O3S. The number of thiophene rings is 1. The van der Waals surface area contributed by atoms with Crippen molar-refractivity contribution in [3.63, 3.8) is 0 Å². The summed E-state index contributed by atoms with van der Waals surface area (Å²) < 4.78 is 10.8. The van der Waals surface area contributed by atoms with Gasteiger partial charge in [0, 0.05) is 4.70 Å². The number of fused-ring (bicyclic) bond motifs is 1. The van der Waals surface area contributed by atoms with Crippen molar-refractivity contribution in [1.29, 1.82) is 0 Å². The van der Waals surface area contributed by atoms with Gasteiger partial charge >= 0.3 is 5.97 Å². The Morgan fingerprint density at radius 2 is 2.12 bits per heavy atom. The molecular weight excluding hydrogens is 236 g/mol. The molecule has 0 fully saturated rings. The zero-order chi connectivity index (χ0) is 12.3. The van der Waals surface area contributed by atoms with E-state index in [-0.39, 0.29) is 0 Å². The highest BCUT2D eigenvalue weighted by molar-refractivity contribution is 7.17. The van der Waals surface area contributed by atoms with Crippen LogP contribution in [0.5, 0.6) is 0 Å². The summed E-state index contributed by atoms with van der Waals surface area (Å²) in [6.07, 6.45) is 1.40. The van der Waals surface area contributed by atoms with E-state index >= 15 is 0 Å². The fraction of sp³-hybridized carbons (Fsp3) is 0.154. The van der Waals surface area contributed by atoms with Crippen molar-refractivity contribution in [1.82, 2.24) is 0 Å². The van der Waals surface area contributed by atoms with Crippen LogP contribution in [0, 0.1) is 0 Å². The van der Waals surface area contributed by atoms with Crippen LogP contribution in [0.3, 0.4) is 0 Å². The predicted octanol–water partition coefficient (Wildman–Crippen LogP) is 3.06. The maximum Gasteiger partial charge on any atom is 0.341 e. The number of hydrogen-bond donors (Lipinski definition) is 0. The second kappa shape index (κ2) is 5.01. The van der Waals surface area contributed by atoms with Crippen molar-refractivity contribution in [3.8, 4) is 0 Å². The molecule has 0 aliphatic carbocycles. The molecule has 0 atom stereocenters. The Balaban J connectivity index is 2.48. The first-order valence-corrected chi connectivity index (χ1v) is 5.93. The van der Waals surface area contributed by atoms with E-state index in [2.05, 4.69) is 0 Å². The maximum atomic E-state index is 11.6. The Kier molecular flexibility index (Phi) is 3.44. The molecule has 0 aliphatic rings. The van der Waals surface area contributed by atoms with Crippen molar-refractivity contribution < 1.29 is 14.3 Å². The largest absolute Gasteiger partial charge is 0.503 e. The second-order valence-corrected chi connectivity index (χ2v) is 4.38. The van der Waals surface area contributed by atoms with Gasteiger partial charge in [0.25, 0.3) is 0 Å². The fourth-order valence-corrected chi connectivity index (χ4v) is 2.37. The molecule has 0 unspecified atom stereocenters. The first kappa shape index (κ1) is 11.7. The zero-order valence-corrected chi connectivity index (χ0v) is 10.4. The summed E-state index contributed by atoms with van der Waals surface area (Å²) in [5.41, 5.74) is 1.22. The van der Waals surface area contributed by atoms with Gasteiger partial charge in [-0.25, -0.2) is 4.79 Å². The fourth-order valence-electron chi connectivity index (χ4n) is 1.60. The highest BCUT2D eigenvalue weighted by atomic mass is 32.1. The molecule has 2 rings (SSSR count). The van der Waals surface area contributed by atoms with Gasteiger partial charge in [0.2, 0.25) is 0 Å². The van der Waals surface area contributed by atoms with Crippen molar-refractivity contribution in [2.75, 3.05) is 14.2 Å². The lowest BCUT2D eigenvalue weighted by molar-refractivity contribution is -0.133. The van der Waals surface area contributed by atoms with Crippen LogP contribution < -0.4 is 0 Å². The summed E-state index contributed by atoms with van der Waals surface area (Å²) in [5, 5.41) is 3.13. The Morgan fingerprint density at radius 1 is 1.29 bits per heavy atom. The van der Waals surface area contributed by atoms with E-state index in [1.54, 1.807) is 11.3 Å². The number of carbonyl (C=O) groups excluding carboxylic acids is 1. The first-order chi connectivity index (χ1) is 8.26. The Hall–Kier alpha value is -1.81. The standard InChI is InChI=1S/C13H12O3S/c1-15-8-11(13(14)16-2)9-3-4-12-10(7-9)5-6-17-12/h3-8H,1-2H3/b11-8+. The number of carbonyl (C=O) groups is 1. The van der Waals surface area contributed by atoms with Crippen molar-refractivity contribution >= 4 is 33.0 Å². The van der Waals surface area contributed by atoms with Crippen molar-refractivity contribution in [2.45, 2.75) is 0 Å². The van der Waals surface area contributed by atoms with Crippen molar-refractivity contribution in [2.24, 2.45) is 0 Å². The first-order valence-electron chi connectivity index (χ1n) is 5.05. The number of hydrogen-bond acceptors (Lipinski definition) is 4. The second-order valence-electron chi connectivity index (χ2n) is 3.43. The predicted molar refractivity (Wildman–Crippen MR) is 68.8 cm³/mol. The van der Waals surface area contributed by atoms with Crippen LogP contribution >= 0.6 is 11.3 Å². The molecule has 3 nitrogen and oxygen atoms in total. The highest BCUT2D eigenvalue weighted by Gasteiger charge is 2.13. The SMILES string of the molecule is CO/C=C(/C(=O)OC)c1ccc2sccc2c1. The number of methoxy groups -OCH3 is 2. The number of benzene rings is 1. The maximum absolute atomic E-state index is 11.6. The summed E-state index contributed by atoms with van der Waals surface area (Å²) in [6.45, 7) is 0. The Bertz CT molecular complexity index is 569. The zero-order valence-electron chi connectivity index (χ0n) is 9.60. The normalized spacial score (nSPS) is 11.5. The van der Waals surface area contributed by atoms with E-state index in [1.165, 1.54) is 25.2 Å². The minimum atomic E-state index is -0.401. The van der Waals surface area contributed by atoms with Crippen LogP contribution in [-0.4, -0.2) is 20.2 Å². The van der Waals surface area contributed by atoms with E-state index in [0.29, 0.717) is 5.57 Å². The Labute approximate surface area is 103 Å². The van der Waals surface area contributed by atoms with Crippen LogP contribution in [-0.2, 0) is 14.3 Å². The molecule has 0 spiro atoms. The molecule has 0 bridgehead atoms. The van der Waals surface area contributed by atoms with Crippen molar-refractivity contribution in [3.05, 3.63) is 41.5 Å². The third kappa shape index (κ3) is 2.31. The molecule has 1 heterocycles. The summed E-state index contributed by atoms with van der Waals surface area (Å²) in [7, 11) is 2.86. The van der Waals surface area contributed by atoms with E-state index in [1.807, 2.05) is 29.6 Å². The number of ether oxygens (including phenoxy) is 2. The minimum Gasteiger partial charge on any atom is -0.503 e. The molecule has 0 amide bonds. The number of esters is 1. The lowest BCUT2D eigenvalue weighted by Crippen LogP contribution is -2.04. The van der Waals surface area contributed by atoms with E-state index in [0.717, 1.165) is 10.9 Å². The van der Waals surface area contributed by atoms with E-state index < -0.39 is 5.97 Å². The van der Waals surface area contributed by atoms with Crippen LogP contribution in [0.4, 0.5) is 0 Å². The molecule has 0 saturated carbocycles. The van der Waals surface area contributed by atoms with Gasteiger partial charge in [-0.2, -0.15) is 0 Å². The van der Waals surface area contributed by atoms with Gasteiger partial charge in [-0.15, -0.1) is 11.3 Å². The van der Waals surface area contributed by atoms with Crippen LogP contribution in [0.1, 0.15) is 5.56 Å². The number of rotatable bonds is 3. The molecule has 0 aliphatic heterocycles. The summed E-state index contributed by atoms with van der Waals surface area (Å²) in [6, 6.07) is 7.85. The average Bonchev–Trinajstić information content (AvgIpc) is 2.82. The molecule has 2 aromatic rings. The summed E-state index contributed by atoms with van der Waals surface area (Å²) in [5.74, 6) is -0.401. The smallest absolute Gasteiger partial charge is 0.341 e. The quantitative estimate of drug-likeness (QED) is 0.476. The molecule has 1 aromatic carbocycles. The van der Waals surface area contributed by atoms with Gasteiger partial charge in [0.05, 0.1) is 20.5 Å². The van der Waals surface area contributed by atoms with Gasteiger partial charge in [0.15, 0.2) is 0 Å². The van der Waals surface area contributed by atoms with Crippen LogP contribution in [0.15, 0.2) is 35.9 Å². The van der Waals surface area contributed by atoms with Gasteiger partial charge in [-0.05, 0) is 34.5 Å². The van der Waals surface area contributed by atoms with Crippen LogP contribution in [0.2, 0.25) is 0 Å². The summed E-state index contributed by atoms with van der Waals surface area (Å²) >= 11 is 1.67. The molecule has 0 radical (unpaired) electrons. The van der Waals surface area contributed by atoms with Gasteiger partial charge in [-0.1, -0.05) is 6.07 Å². The third-order valence-corrected chi connectivity index (χ3v) is 3.30. The van der Waals surface area contributed by atoms with Gasteiger partial charge < -0.3 is 9.47 Å². The Morgan fingerprint density at radius 3 is 2.82 bits per heavy atom. The molecule has 88 valence electrons. The van der Waals surface area contributed by atoms with Gasteiger partial charge in [-0.3, -0.25) is 0 Å². The molecule has 0 N–H and O–H groups in total. The van der Waals surface area contributed by atoms with E-state index in [4.69, 9.17) is 9.47 Å². The van der Waals surface area contributed by atoms with Gasteiger partial charge in [0.1, 0.15) is 5.57 Å². The van der Waals surface area contributed by atoms with E-state index in [9.17, 15) is 4.79 Å². The monoisotopic (exact) mass is 248 g/mol. The highest BCUT2D eigenvalue weighted by Crippen LogP contribution is 2.25. The topological polar surface area (TPSA) is 35.5 Å². The lowest BCUT2D eigenvalue weighted by Gasteiger charge is -2.05. The molecule has 1 aromatic heterocycles. The average molecular weight is 248 g/mol. The third-order valence-electron chi connectivity index (χ3n) is 2.40. The molecule has 0 saturated heterocycles.